The Hall–Kier alpha value is -1.95. The number of hydrogen-bond donors (Lipinski definition) is 2. The van der Waals surface area contributed by atoms with Gasteiger partial charge in [0.1, 0.15) is 0 Å². The minimum Gasteiger partial charge on any atom is -0.390 e. The molecule has 0 bridgehead atoms. The predicted octanol–water partition coefficient (Wildman–Crippen LogP) is 1.37. The van der Waals surface area contributed by atoms with E-state index in [1.54, 1.807) is 18.5 Å². The third kappa shape index (κ3) is 4.80. The highest BCUT2D eigenvalue weighted by Crippen LogP contribution is 2.31. The third-order valence-electron chi connectivity index (χ3n) is 3.91. The molecule has 0 radical (unpaired) electrons. The minimum atomic E-state index is -0.577. The molecule has 2 N–H and O–H groups in total. The van der Waals surface area contributed by atoms with E-state index in [2.05, 4.69) is 15.3 Å². The van der Waals surface area contributed by atoms with E-state index in [1.807, 2.05) is 19.0 Å². The van der Waals surface area contributed by atoms with Gasteiger partial charge in [0.25, 0.3) is 0 Å². The Bertz CT molecular complexity index is 519. The van der Waals surface area contributed by atoms with Crippen LogP contribution in [0.3, 0.4) is 0 Å². The van der Waals surface area contributed by atoms with Crippen LogP contribution in [0, 0.1) is 0 Å². The molecule has 0 spiro atoms. The van der Waals surface area contributed by atoms with Gasteiger partial charge in [0.05, 0.1) is 5.60 Å². The molecule has 2 rings (SSSR count). The summed E-state index contributed by atoms with van der Waals surface area (Å²) in [6, 6.07) is 0. The first kappa shape index (κ1) is 16.4. The standard InChI is InChI=1S/C16H24N4O2/c1-20(2)15-18-11-13(12-19-15)5-6-14(21)17-10-9-16(22)7-3-4-8-16/h5-6,11-12,22H,3-4,7-10H2,1-2H3,(H,17,21)/b6-5+. The Kier molecular flexibility index (Phi) is 5.49. The highest BCUT2D eigenvalue weighted by molar-refractivity contribution is 5.91. The van der Waals surface area contributed by atoms with Crippen LogP contribution in [0.4, 0.5) is 5.95 Å². The topological polar surface area (TPSA) is 78.4 Å². The van der Waals surface area contributed by atoms with Crippen LogP contribution in [0.1, 0.15) is 37.7 Å². The molecule has 0 aliphatic heterocycles. The molecule has 0 saturated heterocycles. The zero-order chi connectivity index (χ0) is 16.0. The van der Waals surface area contributed by atoms with E-state index < -0.39 is 5.60 Å². The molecule has 1 aromatic heterocycles. The number of aromatic nitrogens is 2. The quantitative estimate of drug-likeness (QED) is 0.776. The summed E-state index contributed by atoms with van der Waals surface area (Å²) < 4.78 is 0. The van der Waals surface area contributed by atoms with Crippen molar-refractivity contribution in [2.24, 2.45) is 0 Å². The number of rotatable bonds is 6. The van der Waals surface area contributed by atoms with Crippen LogP contribution in [-0.4, -0.2) is 47.2 Å². The van der Waals surface area contributed by atoms with E-state index in [4.69, 9.17) is 0 Å². The highest BCUT2D eigenvalue weighted by Gasteiger charge is 2.30. The van der Waals surface area contributed by atoms with Gasteiger partial charge >= 0.3 is 0 Å². The van der Waals surface area contributed by atoms with E-state index in [9.17, 15) is 9.90 Å². The van der Waals surface area contributed by atoms with E-state index in [0.717, 1.165) is 31.2 Å². The second-order valence-electron chi connectivity index (χ2n) is 6.02. The van der Waals surface area contributed by atoms with Crippen LogP contribution in [0.15, 0.2) is 18.5 Å². The molecule has 1 aromatic rings. The summed E-state index contributed by atoms with van der Waals surface area (Å²) in [5.41, 5.74) is 0.197. The van der Waals surface area contributed by atoms with E-state index in [1.165, 1.54) is 6.08 Å². The Morgan fingerprint density at radius 3 is 2.59 bits per heavy atom. The molecule has 0 atom stereocenters. The molecular formula is C16H24N4O2. The summed E-state index contributed by atoms with van der Waals surface area (Å²) >= 11 is 0. The van der Waals surface area contributed by atoms with Gasteiger partial charge in [-0.05, 0) is 25.3 Å². The van der Waals surface area contributed by atoms with E-state index in [0.29, 0.717) is 18.9 Å². The number of amides is 1. The Morgan fingerprint density at radius 1 is 1.36 bits per heavy atom. The lowest BCUT2D eigenvalue weighted by Gasteiger charge is -2.21. The van der Waals surface area contributed by atoms with Crippen molar-refractivity contribution in [1.29, 1.82) is 0 Å². The average molecular weight is 304 g/mol. The van der Waals surface area contributed by atoms with Gasteiger partial charge in [0.15, 0.2) is 0 Å². The Morgan fingerprint density at radius 2 is 2.00 bits per heavy atom. The number of anilines is 1. The summed E-state index contributed by atoms with van der Waals surface area (Å²) in [6.07, 6.45) is 10.9. The molecule has 1 heterocycles. The van der Waals surface area contributed by atoms with Crippen molar-refractivity contribution < 1.29 is 9.90 Å². The molecule has 6 heteroatoms. The predicted molar refractivity (Wildman–Crippen MR) is 86.4 cm³/mol. The number of carbonyl (C=O) groups excluding carboxylic acids is 1. The normalized spacial score (nSPS) is 16.9. The van der Waals surface area contributed by atoms with Gasteiger partial charge in [0, 0.05) is 44.7 Å². The molecule has 6 nitrogen and oxygen atoms in total. The van der Waals surface area contributed by atoms with Crippen molar-refractivity contribution in [2.75, 3.05) is 25.5 Å². The molecule has 120 valence electrons. The largest absolute Gasteiger partial charge is 0.390 e. The van der Waals surface area contributed by atoms with Crippen molar-refractivity contribution in [3.05, 3.63) is 24.0 Å². The molecule has 0 aromatic carbocycles. The van der Waals surface area contributed by atoms with Crippen molar-refractivity contribution in [1.82, 2.24) is 15.3 Å². The monoisotopic (exact) mass is 304 g/mol. The summed E-state index contributed by atoms with van der Waals surface area (Å²) in [5.74, 6) is 0.463. The van der Waals surface area contributed by atoms with Gasteiger partial charge in [-0.1, -0.05) is 12.8 Å². The van der Waals surface area contributed by atoms with Crippen molar-refractivity contribution in [2.45, 2.75) is 37.7 Å². The Labute approximate surface area is 131 Å². The van der Waals surface area contributed by atoms with Crippen molar-refractivity contribution in [3.63, 3.8) is 0 Å². The lowest BCUT2D eigenvalue weighted by Crippen LogP contribution is -2.32. The van der Waals surface area contributed by atoms with Crippen LogP contribution in [0.25, 0.3) is 6.08 Å². The fourth-order valence-corrected chi connectivity index (χ4v) is 2.58. The number of carbonyl (C=O) groups is 1. The van der Waals surface area contributed by atoms with E-state index in [-0.39, 0.29) is 5.91 Å². The summed E-state index contributed by atoms with van der Waals surface area (Å²) in [6.45, 7) is 0.496. The second-order valence-corrected chi connectivity index (χ2v) is 6.02. The average Bonchev–Trinajstić information content (AvgIpc) is 2.92. The molecule has 1 amide bonds. The van der Waals surface area contributed by atoms with Gasteiger partial charge in [-0.3, -0.25) is 4.79 Å². The lowest BCUT2D eigenvalue weighted by molar-refractivity contribution is -0.116. The first-order chi connectivity index (χ1) is 10.5. The van der Waals surface area contributed by atoms with Gasteiger partial charge in [0.2, 0.25) is 11.9 Å². The fraction of sp³-hybridized carbons (Fsp3) is 0.562. The second kappa shape index (κ2) is 7.35. The van der Waals surface area contributed by atoms with Gasteiger partial charge in [-0.2, -0.15) is 0 Å². The SMILES string of the molecule is CN(C)c1ncc(/C=C/C(=O)NCCC2(O)CCCC2)cn1. The van der Waals surface area contributed by atoms with Crippen LogP contribution >= 0.6 is 0 Å². The van der Waals surface area contributed by atoms with Crippen LogP contribution in [-0.2, 0) is 4.79 Å². The van der Waals surface area contributed by atoms with Crippen molar-refractivity contribution in [3.8, 4) is 0 Å². The van der Waals surface area contributed by atoms with Crippen LogP contribution in [0.2, 0.25) is 0 Å². The van der Waals surface area contributed by atoms with Gasteiger partial charge in [-0.25, -0.2) is 9.97 Å². The maximum Gasteiger partial charge on any atom is 0.244 e. The molecule has 0 unspecified atom stereocenters. The number of nitrogens with zero attached hydrogens (tertiary/aromatic N) is 3. The summed E-state index contributed by atoms with van der Waals surface area (Å²) in [5, 5.41) is 13.0. The first-order valence-corrected chi connectivity index (χ1v) is 7.66. The first-order valence-electron chi connectivity index (χ1n) is 7.66. The number of hydrogen-bond acceptors (Lipinski definition) is 5. The Balaban J connectivity index is 1.76. The maximum absolute atomic E-state index is 11.7. The van der Waals surface area contributed by atoms with Crippen LogP contribution < -0.4 is 10.2 Å². The lowest BCUT2D eigenvalue weighted by atomic mass is 9.98. The molecule has 1 aliphatic rings. The summed E-state index contributed by atoms with van der Waals surface area (Å²) in [7, 11) is 3.74. The zero-order valence-corrected chi connectivity index (χ0v) is 13.2. The molecule has 1 aliphatic carbocycles. The molecule has 1 fully saturated rings. The minimum absolute atomic E-state index is 0.168. The number of aliphatic hydroxyl groups is 1. The highest BCUT2D eigenvalue weighted by atomic mass is 16.3. The smallest absolute Gasteiger partial charge is 0.244 e. The fourth-order valence-electron chi connectivity index (χ4n) is 2.58. The summed E-state index contributed by atoms with van der Waals surface area (Å²) in [4.78, 5) is 21.9. The molecule has 22 heavy (non-hydrogen) atoms. The van der Waals surface area contributed by atoms with Gasteiger partial charge in [-0.15, -0.1) is 0 Å². The van der Waals surface area contributed by atoms with Crippen molar-refractivity contribution >= 4 is 17.9 Å². The third-order valence-corrected chi connectivity index (χ3v) is 3.91. The van der Waals surface area contributed by atoms with Crippen LogP contribution in [0.5, 0.6) is 0 Å². The molecular weight excluding hydrogens is 280 g/mol. The molecule has 1 saturated carbocycles. The van der Waals surface area contributed by atoms with Gasteiger partial charge < -0.3 is 15.3 Å². The number of nitrogens with one attached hydrogen (secondary N) is 1. The maximum atomic E-state index is 11.7. The zero-order valence-electron chi connectivity index (χ0n) is 13.2. The van der Waals surface area contributed by atoms with E-state index >= 15 is 0 Å².